The predicted molar refractivity (Wildman–Crippen MR) is 90.7 cm³/mol. The van der Waals surface area contributed by atoms with E-state index in [1.807, 2.05) is 6.92 Å². The summed E-state index contributed by atoms with van der Waals surface area (Å²) >= 11 is 0. The summed E-state index contributed by atoms with van der Waals surface area (Å²) in [5, 5.41) is 3.24. The van der Waals surface area contributed by atoms with Gasteiger partial charge in [-0.1, -0.05) is 36.8 Å². The molecule has 0 spiro atoms. The Morgan fingerprint density at radius 3 is 2.78 bits per heavy atom. The van der Waals surface area contributed by atoms with Crippen LogP contribution in [0.2, 0.25) is 0 Å². The van der Waals surface area contributed by atoms with Crippen LogP contribution in [0, 0.1) is 6.92 Å². The van der Waals surface area contributed by atoms with Crippen LogP contribution in [0.25, 0.3) is 0 Å². The fourth-order valence-electron chi connectivity index (χ4n) is 2.43. The van der Waals surface area contributed by atoms with E-state index >= 15 is 0 Å². The fraction of sp³-hybridized carbons (Fsp3) is 0.389. The summed E-state index contributed by atoms with van der Waals surface area (Å²) in [6, 6.07) is 8.38. The zero-order valence-electron chi connectivity index (χ0n) is 13.9. The van der Waals surface area contributed by atoms with E-state index in [2.05, 4.69) is 46.5 Å². The van der Waals surface area contributed by atoms with Gasteiger partial charge >= 0.3 is 5.97 Å². The maximum absolute atomic E-state index is 12.2. The van der Waals surface area contributed by atoms with Gasteiger partial charge in [0.15, 0.2) is 0 Å². The lowest BCUT2D eigenvalue weighted by Crippen LogP contribution is -2.16. The zero-order valence-corrected chi connectivity index (χ0v) is 13.9. The number of carbonyl (C=O) groups is 1. The average Bonchev–Trinajstić information content (AvgIpc) is 2.55. The summed E-state index contributed by atoms with van der Waals surface area (Å²) in [5.74, 6) is 0.172. The molecule has 0 aliphatic rings. The average molecular weight is 313 g/mol. The lowest BCUT2D eigenvalue weighted by Gasteiger charge is -2.13. The van der Waals surface area contributed by atoms with Gasteiger partial charge in [-0.25, -0.2) is 14.8 Å². The smallest absolute Gasteiger partial charge is 0.343 e. The van der Waals surface area contributed by atoms with Crippen LogP contribution in [0.3, 0.4) is 0 Å². The van der Waals surface area contributed by atoms with E-state index in [0.717, 1.165) is 6.42 Å². The normalized spacial score (nSPS) is 10.4. The van der Waals surface area contributed by atoms with Gasteiger partial charge in [-0.15, -0.1) is 0 Å². The zero-order chi connectivity index (χ0) is 16.7. The molecule has 0 aliphatic carbocycles. The summed E-state index contributed by atoms with van der Waals surface area (Å²) in [5.41, 5.74) is 3.64. The van der Waals surface area contributed by atoms with Crippen molar-refractivity contribution in [2.75, 3.05) is 18.5 Å². The molecular formula is C18H23N3O2. The number of nitrogens with zero attached hydrogens (tertiary/aromatic N) is 2. The lowest BCUT2D eigenvalue weighted by molar-refractivity contribution is 0.0525. The Kier molecular flexibility index (Phi) is 6.09. The van der Waals surface area contributed by atoms with Crippen molar-refractivity contribution in [1.82, 2.24) is 9.97 Å². The van der Waals surface area contributed by atoms with E-state index in [9.17, 15) is 4.79 Å². The summed E-state index contributed by atoms with van der Waals surface area (Å²) < 4.78 is 5.13. The molecule has 1 N–H and O–H groups in total. The number of nitrogens with one attached hydrogen (secondary N) is 1. The van der Waals surface area contributed by atoms with Crippen LogP contribution in [0.15, 0.2) is 30.6 Å². The summed E-state index contributed by atoms with van der Waals surface area (Å²) in [4.78, 5) is 20.6. The van der Waals surface area contributed by atoms with Gasteiger partial charge < -0.3 is 10.1 Å². The molecule has 1 aromatic carbocycles. The van der Waals surface area contributed by atoms with Gasteiger partial charge in [0.1, 0.15) is 17.7 Å². The van der Waals surface area contributed by atoms with Crippen molar-refractivity contribution in [2.24, 2.45) is 0 Å². The van der Waals surface area contributed by atoms with Crippen molar-refractivity contribution in [2.45, 2.75) is 33.6 Å². The minimum Gasteiger partial charge on any atom is -0.462 e. The first-order valence-electron chi connectivity index (χ1n) is 7.96. The van der Waals surface area contributed by atoms with E-state index in [4.69, 9.17) is 4.74 Å². The largest absolute Gasteiger partial charge is 0.462 e. The second-order valence-electron chi connectivity index (χ2n) is 5.28. The van der Waals surface area contributed by atoms with Gasteiger partial charge in [0.05, 0.1) is 12.3 Å². The maximum atomic E-state index is 12.2. The second kappa shape index (κ2) is 8.27. The maximum Gasteiger partial charge on any atom is 0.343 e. The molecule has 5 heteroatoms. The molecular weight excluding hydrogens is 290 g/mol. The number of hydrogen-bond donors (Lipinski definition) is 1. The first kappa shape index (κ1) is 16.9. The number of esters is 1. The first-order valence-corrected chi connectivity index (χ1v) is 7.96. The monoisotopic (exact) mass is 313 g/mol. The van der Waals surface area contributed by atoms with Crippen LogP contribution in [0.5, 0.6) is 0 Å². The number of aryl methyl sites for hydroxylation is 2. The van der Waals surface area contributed by atoms with Crippen LogP contribution in [0.4, 0.5) is 5.82 Å². The minimum absolute atomic E-state index is 0.333. The second-order valence-corrected chi connectivity index (χ2v) is 5.28. The molecule has 0 unspecified atom stereocenters. The Morgan fingerprint density at radius 1 is 1.26 bits per heavy atom. The molecule has 0 bridgehead atoms. The minimum atomic E-state index is -0.372. The number of aromatic nitrogens is 2. The van der Waals surface area contributed by atoms with Crippen LogP contribution in [-0.2, 0) is 17.6 Å². The molecule has 0 radical (unpaired) electrons. The number of ether oxygens (including phenoxy) is 1. The number of hydrogen-bond acceptors (Lipinski definition) is 5. The number of rotatable bonds is 7. The lowest BCUT2D eigenvalue weighted by atomic mass is 10.1. The summed E-state index contributed by atoms with van der Waals surface area (Å²) in [6.45, 7) is 6.85. The Balaban J connectivity index is 2.11. The highest BCUT2D eigenvalue weighted by atomic mass is 16.5. The quantitative estimate of drug-likeness (QED) is 0.795. The Bertz CT molecular complexity index is 671. The van der Waals surface area contributed by atoms with Crippen molar-refractivity contribution in [1.29, 1.82) is 0 Å². The van der Waals surface area contributed by atoms with Crippen LogP contribution < -0.4 is 5.32 Å². The van der Waals surface area contributed by atoms with E-state index in [0.29, 0.717) is 36.6 Å². The van der Waals surface area contributed by atoms with Gasteiger partial charge in [-0.3, -0.25) is 0 Å². The van der Waals surface area contributed by atoms with E-state index in [-0.39, 0.29) is 5.97 Å². The molecule has 2 rings (SSSR count). The van der Waals surface area contributed by atoms with E-state index in [1.165, 1.54) is 17.5 Å². The molecule has 23 heavy (non-hydrogen) atoms. The standard InChI is InChI=1S/C18H23N3O2/c1-4-15-16(18(22)23-5-2)17(21-12-20-15)19-10-9-14-8-6-7-13(3)11-14/h6-8,11-12H,4-5,9-10H2,1-3H3,(H,19,20,21). The molecule has 0 amide bonds. The molecule has 0 fully saturated rings. The molecule has 2 aromatic rings. The van der Waals surface area contributed by atoms with Crippen molar-refractivity contribution >= 4 is 11.8 Å². The van der Waals surface area contributed by atoms with Crippen LogP contribution in [-0.4, -0.2) is 29.1 Å². The molecule has 0 aliphatic heterocycles. The Hall–Kier alpha value is -2.43. The van der Waals surface area contributed by atoms with E-state index in [1.54, 1.807) is 6.92 Å². The first-order chi connectivity index (χ1) is 11.2. The summed E-state index contributed by atoms with van der Waals surface area (Å²) in [7, 11) is 0. The van der Waals surface area contributed by atoms with Gasteiger partial charge in [0, 0.05) is 6.54 Å². The third kappa shape index (κ3) is 4.52. The van der Waals surface area contributed by atoms with Gasteiger partial charge in [0.25, 0.3) is 0 Å². The van der Waals surface area contributed by atoms with Crippen LogP contribution >= 0.6 is 0 Å². The van der Waals surface area contributed by atoms with Crippen molar-refractivity contribution in [3.8, 4) is 0 Å². The molecule has 1 heterocycles. The van der Waals surface area contributed by atoms with Gasteiger partial charge in [-0.05, 0) is 32.3 Å². The SMILES string of the molecule is CCOC(=O)c1c(CC)ncnc1NCCc1cccc(C)c1. The van der Waals surface area contributed by atoms with Crippen molar-refractivity contribution in [3.05, 3.63) is 53.0 Å². The third-order valence-corrected chi connectivity index (χ3v) is 3.53. The highest BCUT2D eigenvalue weighted by Crippen LogP contribution is 2.17. The molecule has 0 atom stereocenters. The van der Waals surface area contributed by atoms with Gasteiger partial charge in [0.2, 0.25) is 0 Å². The molecule has 0 saturated carbocycles. The molecule has 0 saturated heterocycles. The Labute approximate surface area is 137 Å². The molecule has 122 valence electrons. The van der Waals surface area contributed by atoms with Crippen LogP contribution in [0.1, 0.15) is 41.0 Å². The fourth-order valence-corrected chi connectivity index (χ4v) is 2.43. The third-order valence-electron chi connectivity index (χ3n) is 3.53. The topological polar surface area (TPSA) is 64.1 Å². The van der Waals surface area contributed by atoms with Crippen molar-refractivity contribution in [3.63, 3.8) is 0 Å². The molecule has 1 aromatic heterocycles. The highest BCUT2D eigenvalue weighted by molar-refractivity contribution is 5.95. The summed E-state index contributed by atoms with van der Waals surface area (Å²) in [6.07, 6.45) is 3.00. The van der Waals surface area contributed by atoms with E-state index < -0.39 is 0 Å². The Morgan fingerprint density at radius 2 is 2.09 bits per heavy atom. The molecule has 5 nitrogen and oxygen atoms in total. The van der Waals surface area contributed by atoms with Crippen molar-refractivity contribution < 1.29 is 9.53 Å². The van der Waals surface area contributed by atoms with Gasteiger partial charge in [-0.2, -0.15) is 0 Å². The number of anilines is 1. The highest BCUT2D eigenvalue weighted by Gasteiger charge is 2.19. The number of benzene rings is 1. The predicted octanol–water partition coefficient (Wildman–Crippen LogP) is 3.18. The number of carbonyl (C=O) groups excluding carboxylic acids is 1.